The molecule has 4 amide bonds. The van der Waals surface area contributed by atoms with Crippen LogP contribution in [-0.2, 0) is 14.4 Å². The van der Waals surface area contributed by atoms with E-state index in [2.05, 4.69) is 5.32 Å². The summed E-state index contributed by atoms with van der Waals surface area (Å²) < 4.78 is 0. The van der Waals surface area contributed by atoms with Crippen LogP contribution >= 0.6 is 0 Å². The third kappa shape index (κ3) is 3.94. The number of urea groups is 1. The predicted molar refractivity (Wildman–Crippen MR) is 68.8 cm³/mol. The van der Waals surface area contributed by atoms with Gasteiger partial charge in [0.1, 0.15) is 6.54 Å². The van der Waals surface area contributed by atoms with Crippen LogP contribution < -0.4 is 5.32 Å². The first-order chi connectivity index (χ1) is 9.12. The first-order valence-corrected chi connectivity index (χ1v) is 6.23. The third-order valence-electron chi connectivity index (χ3n) is 2.89. The fourth-order valence-electron chi connectivity index (χ4n) is 1.88. The maximum atomic E-state index is 12.2. The lowest BCUT2D eigenvalue weighted by Gasteiger charge is -2.36. The van der Waals surface area contributed by atoms with E-state index in [0.29, 0.717) is 0 Å². The minimum atomic E-state index is -1.01. The third-order valence-corrected chi connectivity index (χ3v) is 2.89. The van der Waals surface area contributed by atoms with Gasteiger partial charge in [-0.25, -0.2) is 4.79 Å². The van der Waals surface area contributed by atoms with Gasteiger partial charge < -0.3 is 15.3 Å². The Morgan fingerprint density at radius 3 is 2.35 bits per heavy atom. The van der Waals surface area contributed by atoms with E-state index in [0.717, 1.165) is 4.90 Å². The number of imide groups is 1. The molecule has 1 fully saturated rings. The van der Waals surface area contributed by atoms with E-state index < -0.39 is 29.4 Å². The van der Waals surface area contributed by atoms with Gasteiger partial charge in [-0.15, -0.1) is 0 Å². The number of aliphatic carboxylic acids is 1. The van der Waals surface area contributed by atoms with Gasteiger partial charge in [-0.2, -0.15) is 0 Å². The Morgan fingerprint density at radius 1 is 1.35 bits per heavy atom. The molecule has 0 aromatic heterocycles. The van der Waals surface area contributed by atoms with E-state index >= 15 is 0 Å². The molecule has 0 radical (unpaired) electrons. The number of carboxylic acid groups (broad SMARTS) is 1. The highest BCUT2D eigenvalue weighted by molar-refractivity contribution is 6.04. The predicted octanol–water partition coefficient (Wildman–Crippen LogP) is -0.360. The summed E-state index contributed by atoms with van der Waals surface area (Å²) in [5, 5.41) is 11.0. The van der Waals surface area contributed by atoms with Crippen LogP contribution in [0.3, 0.4) is 0 Å². The van der Waals surface area contributed by atoms with Crippen LogP contribution in [0.25, 0.3) is 0 Å². The molecule has 0 saturated carbocycles. The van der Waals surface area contributed by atoms with E-state index in [1.165, 1.54) is 4.90 Å². The number of nitrogens with zero attached hydrogens (tertiary/aromatic N) is 2. The summed E-state index contributed by atoms with van der Waals surface area (Å²) >= 11 is 0. The lowest BCUT2D eigenvalue weighted by molar-refractivity contribution is -0.143. The second-order valence-electron chi connectivity index (χ2n) is 5.50. The van der Waals surface area contributed by atoms with Crippen molar-refractivity contribution in [3.05, 3.63) is 0 Å². The zero-order valence-corrected chi connectivity index (χ0v) is 11.8. The SMILES string of the molecule is CC(C)(C)N(CCC(=O)O)C(=O)CN1C(=O)CNC1=O. The van der Waals surface area contributed by atoms with Crippen molar-refractivity contribution in [2.24, 2.45) is 0 Å². The molecule has 1 rings (SSSR count). The Kier molecular flexibility index (Phi) is 4.69. The summed E-state index contributed by atoms with van der Waals surface area (Å²) in [6.45, 7) is 4.83. The molecule has 8 nitrogen and oxygen atoms in total. The lowest BCUT2D eigenvalue weighted by atomic mass is 10.1. The minimum absolute atomic E-state index is 0.0291. The van der Waals surface area contributed by atoms with Gasteiger partial charge in [0, 0.05) is 12.1 Å². The Labute approximate surface area is 116 Å². The number of carbonyl (C=O) groups excluding carboxylic acids is 3. The first-order valence-electron chi connectivity index (χ1n) is 6.23. The molecule has 0 atom stereocenters. The van der Waals surface area contributed by atoms with Gasteiger partial charge in [-0.1, -0.05) is 0 Å². The molecule has 0 bridgehead atoms. The smallest absolute Gasteiger partial charge is 0.325 e. The van der Waals surface area contributed by atoms with Crippen molar-refractivity contribution in [1.29, 1.82) is 0 Å². The van der Waals surface area contributed by atoms with Crippen molar-refractivity contribution >= 4 is 23.8 Å². The summed E-state index contributed by atoms with van der Waals surface area (Å²) in [4.78, 5) is 47.9. The Hall–Kier alpha value is -2.12. The molecule has 0 aliphatic carbocycles. The van der Waals surface area contributed by atoms with E-state index in [-0.39, 0.29) is 26.1 Å². The molecule has 8 heteroatoms. The molecule has 112 valence electrons. The van der Waals surface area contributed by atoms with Crippen molar-refractivity contribution in [3.8, 4) is 0 Å². The van der Waals surface area contributed by atoms with Gasteiger partial charge in [0.15, 0.2) is 0 Å². The van der Waals surface area contributed by atoms with Crippen LogP contribution in [0, 0.1) is 0 Å². The minimum Gasteiger partial charge on any atom is -0.481 e. The number of carboxylic acids is 1. The van der Waals surface area contributed by atoms with E-state index in [1.807, 2.05) is 0 Å². The maximum Gasteiger partial charge on any atom is 0.325 e. The summed E-state index contributed by atoms with van der Waals surface area (Å²) in [6, 6.07) is -0.601. The fourth-order valence-corrected chi connectivity index (χ4v) is 1.88. The second-order valence-corrected chi connectivity index (χ2v) is 5.50. The van der Waals surface area contributed by atoms with Gasteiger partial charge in [-0.05, 0) is 20.8 Å². The van der Waals surface area contributed by atoms with Gasteiger partial charge in [0.2, 0.25) is 5.91 Å². The van der Waals surface area contributed by atoms with Crippen LogP contribution in [0.1, 0.15) is 27.2 Å². The van der Waals surface area contributed by atoms with Gasteiger partial charge >= 0.3 is 12.0 Å². The topological polar surface area (TPSA) is 107 Å². The molecule has 1 aliphatic rings. The van der Waals surface area contributed by atoms with Crippen LogP contribution in [0.5, 0.6) is 0 Å². The highest BCUT2D eigenvalue weighted by Gasteiger charge is 2.34. The van der Waals surface area contributed by atoms with Gasteiger partial charge in [0.05, 0.1) is 13.0 Å². The molecule has 0 aromatic rings. The first kappa shape index (κ1) is 15.9. The Bertz CT molecular complexity index is 425. The summed E-state index contributed by atoms with van der Waals surface area (Å²) in [7, 11) is 0. The number of carbonyl (C=O) groups is 4. The van der Waals surface area contributed by atoms with E-state index in [4.69, 9.17) is 5.11 Å². The van der Waals surface area contributed by atoms with Gasteiger partial charge in [0.25, 0.3) is 5.91 Å². The second kappa shape index (κ2) is 5.89. The monoisotopic (exact) mass is 285 g/mol. The highest BCUT2D eigenvalue weighted by atomic mass is 16.4. The van der Waals surface area contributed by atoms with Crippen molar-refractivity contribution in [1.82, 2.24) is 15.1 Å². The number of rotatable bonds is 5. The van der Waals surface area contributed by atoms with Crippen molar-refractivity contribution in [3.63, 3.8) is 0 Å². The van der Waals surface area contributed by atoms with Crippen LogP contribution in [-0.4, -0.2) is 63.9 Å². The molecule has 2 N–H and O–H groups in total. The number of hydrogen-bond donors (Lipinski definition) is 2. The Morgan fingerprint density at radius 2 is 1.95 bits per heavy atom. The summed E-state index contributed by atoms with van der Waals surface area (Å²) in [5.41, 5.74) is -0.591. The molecule has 1 aliphatic heterocycles. The number of nitrogens with one attached hydrogen (secondary N) is 1. The zero-order valence-electron chi connectivity index (χ0n) is 11.8. The van der Waals surface area contributed by atoms with Gasteiger partial charge in [-0.3, -0.25) is 19.3 Å². The average molecular weight is 285 g/mol. The molecule has 20 heavy (non-hydrogen) atoms. The summed E-state index contributed by atoms with van der Waals surface area (Å²) in [5.74, 6) is -1.93. The maximum absolute atomic E-state index is 12.2. The molecule has 1 heterocycles. The van der Waals surface area contributed by atoms with Crippen molar-refractivity contribution < 1.29 is 24.3 Å². The van der Waals surface area contributed by atoms with Crippen molar-refractivity contribution in [2.75, 3.05) is 19.6 Å². The Balaban J connectivity index is 2.75. The van der Waals surface area contributed by atoms with Crippen LogP contribution in [0.4, 0.5) is 4.79 Å². The quantitative estimate of drug-likeness (QED) is 0.671. The largest absolute Gasteiger partial charge is 0.481 e. The molecular weight excluding hydrogens is 266 g/mol. The number of amides is 4. The molecular formula is C12H19N3O5. The standard InChI is InChI=1S/C12H19N3O5/c1-12(2,3)15(5-4-10(18)19)9(17)7-14-8(16)6-13-11(14)20/h4-7H2,1-3H3,(H,13,20)(H,18,19). The highest BCUT2D eigenvalue weighted by Crippen LogP contribution is 2.15. The van der Waals surface area contributed by atoms with E-state index in [1.54, 1.807) is 20.8 Å². The molecule has 1 saturated heterocycles. The van der Waals surface area contributed by atoms with E-state index in [9.17, 15) is 19.2 Å². The molecule has 0 spiro atoms. The van der Waals surface area contributed by atoms with Crippen LogP contribution in [0.2, 0.25) is 0 Å². The lowest BCUT2D eigenvalue weighted by Crippen LogP contribution is -2.51. The average Bonchev–Trinajstić information content (AvgIpc) is 2.58. The molecule has 0 aromatic carbocycles. The normalized spacial score (nSPS) is 15.2. The van der Waals surface area contributed by atoms with Crippen LogP contribution in [0.15, 0.2) is 0 Å². The number of hydrogen-bond acceptors (Lipinski definition) is 4. The fraction of sp³-hybridized carbons (Fsp3) is 0.667. The summed E-state index contributed by atoms with van der Waals surface area (Å²) in [6.07, 6.45) is -0.191. The zero-order chi connectivity index (χ0) is 15.5. The van der Waals surface area contributed by atoms with Crippen molar-refractivity contribution in [2.45, 2.75) is 32.7 Å². The molecule has 0 unspecified atom stereocenters.